The average molecular weight is 467 g/mol. The van der Waals surface area contributed by atoms with Gasteiger partial charge in [-0.25, -0.2) is 14.0 Å². The Morgan fingerprint density at radius 2 is 1.85 bits per heavy atom. The van der Waals surface area contributed by atoms with Gasteiger partial charge in [0.15, 0.2) is 0 Å². The standard InChI is InChI=1S/C26H26FNO6/c1-17-7-6-8-20(23(14-31-3)26(30)33-5)22(17)15-34-16-28-18(2)9-10-19-11-12-24(27)21(13-19)25(29)32-4/h6-8,11-14H,15-16H2,1-5H3/b23-14+,28-18+. The lowest BCUT2D eigenvalue weighted by Crippen LogP contribution is -2.09. The lowest BCUT2D eigenvalue weighted by molar-refractivity contribution is -0.133. The number of halogens is 1. The molecular weight excluding hydrogens is 441 g/mol. The first-order valence-electron chi connectivity index (χ1n) is 10.2. The molecule has 0 spiro atoms. The van der Waals surface area contributed by atoms with E-state index in [-0.39, 0.29) is 24.5 Å². The van der Waals surface area contributed by atoms with E-state index in [1.165, 1.54) is 39.7 Å². The lowest BCUT2D eigenvalue weighted by atomic mass is 9.97. The van der Waals surface area contributed by atoms with Crippen LogP contribution in [0.4, 0.5) is 4.39 Å². The van der Waals surface area contributed by atoms with Crippen molar-refractivity contribution in [3.63, 3.8) is 0 Å². The summed E-state index contributed by atoms with van der Waals surface area (Å²) in [6.45, 7) is 3.85. The van der Waals surface area contributed by atoms with Crippen molar-refractivity contribution < 1.29 is 32.9 Å². The molecule has 34 heavy (non-hydrogen) atoms. The summed E-state index contributed by atoms with van der Waals surface area (Å²) < 4.78 is 33.9. The number of benzene rings is 2. The van der Waals surface area contributed by atoms with Crippen molar-refractivity contribution in [2.45, 2.75) is 20.5 Å². The third-order valence-electron chi connectivity index (χ3n) is 4.74. The van der Waals surface area contributed by atoms with E-state index in [2.05, 4.69) is 21.6 Å². The molecule has 0 atom stereocenters. The number of rotatable bonds is 8. The molecule has 0 aliphatic rings. The normalized spacial score (nSPS) is 11.4. The minimum Gasteiger partial charge on any atom is -0.503 e. The largest absolute Gasteiger partial charge is 0.503 e. The van der Waals surface area contributed by atoms with Gasteiger partial charge in [-0.2, -0.15) is 0 Å². The molecule has 0 N–H and O–H groups in total. The van der Waals surface area contributed by atoms with Gasteiger partial charge >= 0.3 is 11.9 Å². The predicted molar refractivity (Wildman–Crippen MR) is 126 cm³/mol. The van der Waals surface area contributed by atoms with Gasteiger partial charge in [0.1, 0.15) is 18.1 Å². The molecule has 0 aliphatic carbocycles. The SMILES string of the molecule is CO/C=C(/C(=O)OC)c1cccc(C)c1COC/N=C(\C)C#Cc1ccc(F)c(C(=O)OC)c1. The average Bonchev–Trinajstić information content (AvgIpc) is 2.84. The summed E-state index contributed by atoms with van der Waals surface area (Å²) in [5.41, 5.74) is 3.41. The monoisotopic (exact) mass is 467 g/mol. The molecule has 0 bridgehead atoms. The van der Waals surface area contributed by atoms with Crippen LogP contribution in [0.2, 0.25) is 0 Å². The summed E-state index contributed by atoms with van der Waals surface area (Å²) in [5, 5.41) is 0. The topological polar surface area (TPSA) is 83.4 Å². The maximum Gasteiger partial charge on any atom is 0.341 e. The highest BCUT2D eigenvalue weighted by Crippen LogP contribution is 2.24. The zero-order valence-corrected chi connectivity index (χ0v) is 19.7. The molecule has 0 heterocycles. The number of carbonyl (C=O) groups is 2. The molecule has 0 saturated heterocycles. The maximum atomic E-state index is 13.7. The molecule has 0 saturated carbocycles. The van der Waals surface area contributed by atoms with Crippen LogP contribution in [0.3, 0.4) is 0 Å². The van der Waals surface area contributed by atoms with E-state index in [0.29, 0.717) is 16.8 Å². The molecule has 2 aromatic carbocycles. The van der Waals surface area contributed by atoms with E-state index >= 15 is 0 Å². The molecule has 0 radical (unpaired) electrons. The van der Waals surface area contributed by atoms with Crippen LogP contribution in [0.25, 0.3) is 5.57 Å². The van der Waals surface area contributed by atoms with Crippen molar-refractivity contribution in [2.24, 2.45) is 4.99 Å². The van der Waals surface area contributed by atoms with Crippen LogP contribution >= 0.6 is 0 Å². The number of methoxy groups -OCH3 is 3. The lowest BCUT2D eigenvalue weighted by Gasteiger charge is -2.14. The van der Waals surface area contributed by atoms with Crippen molar-refractivity contribution in [3.05, 3.63) is 76.3 Å². The number of carbonyl (C=O) groups excluding carboxylic acids is 2. The van der Waals surface area contributed by atoms with Gasteiger partial charge in [0.25, 0.3) is 0 Å². The van der Waals surface area contributed by atoms with E-state index < -0.39 is 17.8 Å². The third-order valence-corrected chi connectivity index (χ3v) is 4.74. The number of ether oxygens (including phenoxy) is 4. The second-order valence-corrected chi connectivity index (χ2v) is 7.02. The van der Waals surface area contributed by atoms with Crippen LogP contribution in [0.15, 0.2) is 47.7 Å². The Hall–Kier alpha value is -3.96. The van der Waals surface area contributed by atoms with Crippen LogP contribution in [0.5, 0.6) is 0 Å². The van der Waals surface area contributed by atoms with Crippen molar-refractivity contribution >= 4 is 23.2 Å². The Labute approximate surface area is 198 Å². The third kappa shape index (κ3) is 7.02. The number of esters is 2. The predicted octanol–water partition coefficient (Wildman–Crippen LogP) is 4.07. The first-order chi connectivity index (χ1) is 16.3. The number of hydrogen-bond donors (Lipinski definition) is 0. The second kappa shape index (κ2) is 12.9. The summed E-state index contributed by atoms with van der Waals surface area (Å²) in [6, 6.07) is 9.48. The van der Waals surface area contributed by atoms with Crippen molar-refractivity contribution in [1.29, 1.82) is 0 Å². The smallest absolute Gasteiger partial charge is 0.341 e. The highest BCUT2D eigenvalue weighted by Gasteiger charge is 2.18. The van der Waals surface area contributed by atoms with Gasteiger partial charge in [-0.1, -0.05) is 24.1 Å². The molecular formula is C26H26FNO6. The Bertz CT molecular complexity index is 1170. The fraction of sp³-hybridized carbons (Fsp3) is 0.269. The molecule has 8 heteroatoms. The molecule has 0 aliphatic heterocycles. The number of nitrogens with zero attached hydrogens (tertiary/aromatic N) is 1. The number of aryl methyl sites for hydroxylation is 1. The van der Waals surface area contributed by atoms with Crippen LogP contribution in [-0.2, 0) is 30.3 Å². The van der Waals surface area contributed by atoms with Gasteiger partial charge in [0.05, 0.1) is 45.5 Å². The first-order valence-corrected chi connectivity index (χ1v) is 10.2. The second-order valence-electron chi connectivity index (χ2n) is 7.02. The van der Waals surface area contributed by atoms with E-state index in [9.17, 15) is 14.0 Å². The van der Waals surface area contributed by atoms with Crippen molar-refractivity contribution in [1.82, 2.24) is 0 Å². The molecule has 0 fully saturated rings. The van der Waals surface area contributed by atoms with Crippen molar-refractivity contribution in [2.75, 3.05) is 28.1 Å². The minimum atomic E-state index is -0.772. The number of aliphatic imine (C=N–C) groups is 1. The fourth-order valence-electron chi connectivity index (χ4n) is 2.96. The summed E-state index contributed by atoms with van der Waals surface area (Å²) in [6.07, 6.45) is 1.34. The van der Waals surface area contributed by atoms with E-state index in [4.69, 9.17) is 14.2 Å². The zero-order chi connectivity index (χ0) is 25.1. The highest BCUT2D eigenvalue weighted by molar-refractivity contribution is 6.16. The molecule has 0 aromatic heterocycles. The molecule has 0 unspecified atom stereocenters. The molecule has 2 rings (SSSR count). The summed E-state index contributed by atoms with van der Waals surface area (Å²) in [4.78, 5) is 28.0. The van der Waals surface area contributed by atoms with Gasteiger partial charge in [-0.05, 0) is 54.7 Å². The van der Waals surface area contributed by atoms with Crippen LogP contribution in [0, 0.1) is 24.6 Å². The Morgan fingerprint density at radius 1 is 1.09 bits per heavy atom. The van der Waals surface area contributed by atoms with Gasteiger partial charge in [-0.15, -0.1) is 0 Å². The van der Waals surface area contributed by atoms with Gasteiger partial charge in [0.2, 0.25) is 0 Å². The zero-order valence-electron chi connectivity index (χ0n) is 19.7. The molecule has 7 nitrogen and oxygen atoms in total. The molecule has 2 aromatic rings. The summed E-state index contributed by atoms with van der Waals surface area (Å²) in [5.74, 6) is 3.70. The van der Waals surface area contributed by atoms with Crippen LogP contribution in [0.1, 0.15) is 39.5 Å². The summed E-state index contributed by atoms with van der Waals surface area (Å²) in [7, 11) is 3.94. The quantitative estimate of drug-likeness (QED) is 0.145. The van der Waals surface area contributed by atoms with E-state index in [1.54, 1.807) is 13.0 Å². The van der Waals surface area contributed by atoms with E-state index in [0.717, 1.165) is 17.2 Å². The Balaban J connectivity index is 2.11. The van der Waals surface area contributed by atoms with Crippen LogP contribution in [-0.4, -0.2) is 45.7 Å². The van der Waals surface area contributed by atoms with Crippen molar-refractivity contribution in [3.8, 4) is 11.8 Å². The molecule has 0 amide bonds. The maximum absolute atomic E-state index is 13.7. The van der Waals surface area contributed by atoms with Crippen LogP contribution < -0.4 is 0 Å². The van der Waals surface area contributed by atoms with Gasteiger partial charge in [-0.3, -0.25) is 4.99 Å². The molecule has 178 valence electrons. The van der Waals surface area contributed by atoms with Gasteiger partial charge < -0.3 is 18.9 Å². The highest BCUT2D eigenvalue weighted by atomic mass is 19.1. The minimum absolute atomic E-state index is 0.0344. The first kappa shape index (κ1) is 26.3. The Kier molecular flexibility index (Phi) is 9.99. The Morgan fingerprint density at radius 3 is 2.53 bits per heavy atom. The summed E-state index contributed by atoms with van der Waals surface area (Å²) >= 11 is 0. The van der Waals surface area contributed by atoms with Gasteiger partial charge in [0, 0.05) is 5.56 Å². The van der Waals surface area contributed by atoms with E-state index in [1.807, 2.05) is 19.1 Å². The fourth-order valence-corrected chi connectivity index (χ4v) is 2.96. The number of hydrogen-bond acceptors (Lipinski definition) is 7.